The van der Waals surface area contributed by atoms with E-state index in [-0.39, 0.29) is 12.6 Å². The zero-order chi connectivity index (χ0) is 8.81. The van der Waals surface area contributed by atoms with Crippen LogP contribution in [0.5, 0.6) is 0 Å². The van der Waals surface area contributed by atoms with Crippen molar-refractivity contribution in [2.75, 3.05) is 46.6 Å². The molecule has 0 bridgehead atoms. The van der Waals surface area contributed by atoms with Gasteiger partial charge in [0.2, 0.25) is 0 Å². The predicted molar refractivity (Wildman–Crippen MR) is 45.1 cm³/mol. The lowest BCUT2D eigenvalue weighted by atomic mass is 10.2. The fourth-order valence-corrected chi connectivity index (χ4v) is 1.36. The van der Waals surface area contributed by atoms with Crippen LogP contribution in [-0.2, 0) is 9.47 Å². The van der Waals surface area contributed by atoms with Crippen molar-refractivity contribution in [1.29, 1.82) is 0 Å². The van der Waals surface area contributed by atoms with Crippen molar-refractivity contribution in [2.45, 2.75) is 6.04 Å². The van der Waals surface area contributed by atoms with Crippen LogP contribution in [0.3, 0.4) is 0 Å². The second-order valence-electron chi connectivity index (χ2n) is 2.94. The van der Waals surface area contributed by atoms with Gasteiger partial charge >= 0.3 is 0 Å². The van der Waals surface area contributed by atoms with E-state index in [0.29, 0.717) is 6.61 Å². The summed E-state index contributed by atoms with van der Waals surface area (Å²) < 4.78 is 10.2. The van der Waals surface area contributed by atoms with Gasteiger partial charge in [-0.1, -0.05) is 0 Å². The maximum absolute atomic E-state index is 9.00. The molecular weight excluding hydrogens is 158 g/mol. The number of aliphatic hydroxyl groups is 1. The molecule has 1 unspecified atom stereocenters. The van der Waals surface area contributed by atoms with Crippen LogP contribution in [0.25, 0.3) is 0 Å². The minimum absolute atomic E-state index is 0.161. The smallest absolute Gasteiger partial charge is 0.0644 e. The average molecular weight is 175 g/mol. The zero-order valence-electron chi connectivity index (χ0n) is 7.53. The highest BCUT2D eigenvalue weighted by Crippen LogP contribution is 2.05. The van der Waals surface area contributed by atoms with Gasteiger partial charge in [0.1, 0.15) is 0 Å². The molecule has 0 amide bonds. The Kier molecular flexibility index (Phi) is 4.53. The van der Waals surface area contributed by atoms with Crippen LogP contribution in [0.4, 0.5) is 0 Å². The molecule has 0 aromatic carbocycles. The van der Waals surface area contributed by atoms with E-state index in [1.807, 2.05) is 0 Å². The first-order chi connectivity index (χ1) is 5.88. The van der Waals surface area contributed by atoms with Crippen molar-refractivity contribution in [2.24, 2.45) is 0 Å². The van der Waals surface area contributed by atoms with Gasteiger partial charge in [-0.2, -0.15) is 0 Å². The van der Waals surface area contributed by atoms with Crippen molar-refractivity contribution in [1.82, 2.24) is 4.90 Å². The number of rotatable bonds is 4. The van der Waals surface area contributed by atoms with E-state index in [2.05, 4.69) is 4.90 Å². The van der Waals surface area contributed by atoms with Gasteiger partial charge in [0.15, 0.2) is 0 Å². The minimum atomic E-state index is 0.161. The van der Waals surface area contributed by atoms with Gasteiger partial charge in [0.25, 0.3) is 0 Å². The Labute approximate surface area is 73.1 Å². The number of methoxy groups -OCH3 is 1. The molecule has 0 aromatic heterocycles. The van der Waals surface area contributed by atoms with Gasteiger partial charge in [0.05, 0.1) is 32.5 Å². The van der Waals surface area contributed by atoms with Crippen LogP contribution in [0.1, 0.15) is 0 Å². The standard InChI is InChI=1S/C8H17NO3/c1-11-4-2-9-3-5-12-7-8(9)6-10/h8,10H,2-7H2,1H3. The molecule has 72 valence electrons. The predicted octanol–water partition coefficient (Wildman–Crippen LogP) is -0.674. The van der Waals surface area contributed by atoms with E-state index in [1.54, 1.807) is 7.11 Å². The lowest BCUT2D eigenvalue weighted by Crippen LogP contribution is -2.48. The Balaban J connectivity index is 2.26. The number of ether oxygens (including phenoxy) is 2. The van der Waals surface area contributed by atoms with Crippen molar-refractivity contribution in [3.05, 3.63) is 0 Å². The van der Waals surface area contributed by atoms with Gasteiger partial charge in [-0.05, 0) is 0 Å². The van der Waals surface area contributed by atoms with Gasteiger partial charge in [-0.3, -0.25) is 4.90 Å². The Morgan fingerprint density at radius 2 is 2.50 bits per heavy atom. The molecule has 1 atom stereocenters. The maximum atomic E-state index is 9.00. The third-order valence-electron chi connectivity index (χ3n) is 2.14. The summed E-state index contributed by atoms with van der Waals surface area (Å²) in [5, 5.41) is 9.00. The van der Waals surface area contributed by atoms with Crippen LogP contribution >= 0.6 is 0 Å². The largest absolute Gasteiger partial charge is 0.395 e. The quantitative estimate of drug-likeness (QED) is 0.615. The molecule has 0 aromatic rings. The van der Waals surface area contributed by atoms with E-state index in [9.17, 15) is 0 Å². The summed E-state index contributed by atoms with van der Waals surface area (Å²) in [6.07, 6.45) is 0. The molecule has 1 N–H and O–H groups in total. The molecule has 12 heavy (non-hydrogen) atoms. The van der Waals surface area contributed by atoms with Crippen molar-refractivity contribution >= 4 is 0 Å². The fourth-order valence-electron chi connectivity index (χ4n) is 1.36. The summed E-state index contributed by atoms with van der Waals surface area (Å²) in [5.41, 5.74) is 0. The highest BCUT2D eigenvalue weighted by molar-refractivity contribution is 4.73. The summed E-state index contributed by atoms with van der Waals surface area (Å²) in [5.74, 6) is 0. The number of nitrogens with zero attached hydrogens (tertiary/aromatic N) is 1. The summed E-state index contributed by atoms with van der Waals surface area (Å²) in [6, 6.07) is 0.161. The third kappa shape index (κ3) is 2.71. The van der Waals surface area contributed by atoms with Crippen LogP contribution in [-0.4, -0.2) is 62.7 Å². The van der Waals surface area contributed by atoms with Crippen molar-refractivity contribution < 1.29 is 14.6 Å². The molecule has 4 heteroatoms. The molecule has 4 nitrogen and oxygen atoms in total. The SMILES string of the molecule is COCCN1CCOCC1CO. The summed E-state index contributed by atoms with van der Waals surface area (Å²) in [6.45, 7) is 4.07. The van der Waals surface area contributed by atoms with Gasteiger partial charge in [0, 0.05) is 20.2 Å². The minimum Gasteiger partial charge on any atom is -0.395 e. The molecule has 0 radical (unpaired) electrons. The van der Waals surface area contributed by atoms with Crippen molar-refractivity contribution in [3.63, 3.8) is 0 Å². The third-order valence-corrected chi connectivity index (χ3v) is 2.14. The molecular formula is C8H17NO3. The van der Waals surface area contributed by atoms with E-state index in [0.717, 1.165) is 26.3 Å². The van der Waals surface area contributed by atoms with E-state index in [1.165, 1.54) is 0 Å². The van der Waals surface area contributed by atoms with Crippen molar-refractivity contribution in [3.8, 4) is 0 Å². The molecule has 1 rings (SSSR count). The fraction of sp³-hybridized carbons (Fsp3) is 1.00. The molecule has 1 saturated heterocycles. The topological polar surface area (TPSA) is 41.9 Å². The molecule has 1 fully saturated rings. The highest BCUT2D eigenvalue weighted by atomic mass is 16.5. The normalized spacial score (nSPS) is 26.0. The number of aliphatic hydroxyl groups excluding tert-OH is 1. The van der Waals surface area contributed by atoms with Gasteiger partial charge in [-0.25, -0.2) is 0 Å². The number of hydrogen-bond donors (Lipinski definition) is 1. The Morgan fingerprint density at radius 1 is 1.67 bits per heavy atom. The lowest BCUT2D eigenvalue weighted by Gasteiger charge is -2.33. The molecule has 0 spiro atoms. The Bertz CT molecular complexity index is 121. The average Bonchev–Trinajstić information content (AvgIpc) is 2.15. The summed E-state index contributed by atoms with van der Waals surface area (Å²) in [4.78, 5) is 2.20. The van der Waals surface area contributed by atoms with E-state index < -0.39 is 0 Å². The first-order valence-electron chi connectivity index (χ1n) is 4.30. The molecule has 1 aliphatic heterocycles. The highest BCUT2D eigenvalue weighted by Gasteiger charge is 2.21. The van der Waals surface area contributed by atoms with Crippen LogP contribution in [0.2, 0.25) is 0 Å². The van der Waals surface area contributed by atoms with Crippen LogP contribution < -0.4 is 0 Å². The van der Waals surface area contributed by atoms with Gasteiger partial charge in [-0.15, -0.1) is 0 Å². The lowest BCUT2D eigenvalue weighted by molar-refractivity contribution is -0.0348. The summed E-state index contributed by atoms with van der Waals surface area (Å²) >= 11 is 0. The Hall–Kier alpha value is -0.160. The van der Waals surface area contributed by atoms with Crippen LogP contribution in [0.15, 0.2) is 0 Å². The molecule has 1 heterocycles. The second kappa shape index (κ2) is 5.48. The zero-order valence-corrected chi connectivity index (χ0v) is 7.53. The molecule has 1 aliphatic rings. The van der Waals surface area contributed by atoms with Crippen LogP contribution in [0, 0.1) is 0 Å². The molecule has 0 aliphatic carbocycles. The number of morpholine rings is 1. The number of hydrogen-bond acceptors (Lipinski definition) is 4. The first kappa shape index (κ1) is 9.92. The first-order valence-corrected chi connectivity index (χ1v) is 4.30. The monoisotopic (exact) mass is 175 g/mol. The maximum Gasteiger partial charge on any atom is 0.0644 e. The second-order valence-corrected chi connectivity index (χ2v) is 2.94. The van der Waals surface area contributed by atoms with Gasteiger partial charge < -0.3 is 14.6 Å². The Morgan fingerprint density at radius 3 is 3.17 bits per heavy atom. The molecule has 0 saturated carbocycles. The van der Waals surface area contributed by atoms with E-state index in [4.69, 9.17) is 14.6 Å². The van der Waals surface area contributed by atoms with E-state index >= 15 is 0 Å². The summed E-state index contributed by atoms with van der Waals surface area (Å²) in [7, 11) is 1.69.